The Morgan fingerprint density at radius 1 is 1.24 bits per heavy atom. The molecule has 2 heterocycles. The van der Waals surface area contributed by atoms with E-state index in [1.807, 2.05) is 25.1 Å². The molecule has 0 amide bonds. The van der Waals surface area contributed by atoms with Gasteiger partial charge in [0.15, 0.2) is 0 Å². The molecule has 0 bridgehead atoms. The van der Waals surface area contributed by atoms with Crippen LogP contribution in [0, 0.1) is 0 Å². The maximum absolute atomic E-state index is 10.5. The average Bonchev–Trinajstić information content (AvgIpc) is 3.41. The summed E-state index contributed by atoms with van der Waals surface area (Å²) < 4.78 is 0. The monoisotopic (exact) mass is 394 g/mol. The zero-order valence-corrected chi connectivity index (χ0v) is 16.3. The summed E-state index contributed by atoms with van der Waals surface area (Å²) in [6, 6.07) is 6.73. The van der Waals surface area contributed by atoms with Crippen molar-refractivity contribution in [2.45, 2.75) is 45.7 Å². The fourth-order valence-electron chi connectivity index (χ4n) is 3.58. The number of aromatic hydroxyl groups is 1. The first-order chi connectivity index (χ1) is 13.7. The molecule has 1 aliphatic carbocycles. The van der Waals surface area contributed by atoms with E-state index < -0.39 is 0 Å². The number of allylic oxidation sites excluding steroid dienone is 2. The first-order valence-electron chi connectivity index (χ1n) is 9.81. The summed E-state index contributed by atoms with van der Waals surface area (Å²) in [5.41, 5.74) is 3.03. The summed E-state index contributed by atoms with van der Waals surface area (Å²) in [4.78, 5) is 10.7. The van der Waals surface area contributed by atoms with Crippen molar-refractivity contribution < 1.29 is 5.11 Å². The third-order valence-electron chi connectivity index (χ3n) is 5.26. The molecule has 0 spiro atoms. The second-order valence-electron chi connectivity index (χ2n) is 7.38. The fraction of sp³-hybridized carbons (Fsp3) is 0.455. The molecule has 7 heteroatoms. The number of aromatic nitrogens is 3. The molecule has 2 aromatic rings. The highest BCUT2D eigenvalue weighted by molar-refractivity contribution is 6.09. The van der Waals surface area contributed by atoms with Crippen LogP contribution in [0.2, 0.25) is 0 Å². The minimum absolute atomic E-state index is 0. The van der Waals surface area contributed by atoms with Gasteiger partial charge in [0.2, 0.25) is 5.95 Å². The quantitative estimate of drug-likeness (QED) is 0.731. The number of aliphatic imine (C=N–C) groups is 1. The zero-order chi connectivity index (χ0) is 19.5. The van der Waals surface area contributed by atoms with E-state index in [1.54, 1.807) is 25.5 Å². The summed E-state index contributed by atoms with van der Waals surface area (Å²) in [5, 5.41) is 22.7. The number of anilines is 1. The van der Waals surface area contributed by atoms with Gasteiger partial charge in [-0.25, -0.2) is 4.98 Å². The van der Waals surface area contributed by atoms with Crippen LogP contribution in [0.15, 0.2) is 35.5 Å². The molecule has 154 valence electrons. The van der Waals surface area contributed by atoms with Crippen LogP contribution < -0.4 is 10.2 Å². The van der Waals surface area contributed by atoms with Crippen LogP contribution in [-0.2, 0) is 0 Å². The van der Waals surface area contributed by atoms with Gasteiger partial charge in [-0.15, -0.1) is 10.2 Å². The number of rotatable bonds is 6. The highest BCUT2D eigenvalue weighted by Gasteiger charge is 2.30. The molecule has 1 unspecified atom stereocenters. The fourth-order valence-corrected chi connectivity index (χ4v) is 3.58. The lowest BCUT2D eigenvalue weighted by Gasteiger charge is -2.16. The second kappa shape index (κ2) is 9.13. The minimum Gasteiger partial charge on any atom is -0.507 e. The van der Waals surface area contributed by atoms with Gasteiger partial charge < -0.3 is 15.3 Å². The number of phenols is 1. The predicted molar refractivity (Wildman–Crippen MR) is 119 cm³/mol. The van der Waals surface area contributed by atoms with Crippen LogP contribution in [0.5, 0.6) is 5.75 Å². The maximum atomic E-state index is 10.5. The molecule has 1 saturated heterocycles. The SMILES string of the molecule is C.C/C=C(\C=NC)c1ccc(-c2cnc(N3CCC(NC4CC4)C3)nn2)c(O)c1. The molecule has 1 atom stereocenters. The molecule has 1 aliphatic heterocycles. The van der Waals surface area contributed by atoms with Gasteiger partial charge in [-0.2, -0.15) is 0 Å². The number of hydrogen-bond acceptors (Lipinski definition) is 7. The molecule has 2 N–H and O–H groups in total. The van der Waals surface area contributed by atoms with Crippen molar-refractivity contribution in [1.29, 1.82) is 0 Å². The van der Waals surface area contributed by atoms with Crippen molar-refractivity contribution in [1.82, 2.24) is 20.5 Å². The smallest absolute Gasteiger partial charge is 0.245 e. The molecule has 7 nitrogen and oxygen atoms in total. The summed E-state index contributed by atoms with van der Waals surface area (Å²) in [5.74, 6) is 0.801. The number of nitrogens with one attached hydrogen (secondary N) is 1. The molecule has 1 aromatic heterocycles. The second-order valence-corrected chi connectivity index (χ2v) is 7.38. The number of benzene rings is 1. The van der Waals surface area contributed by atoms with Gasteiger partial charge in [-0.1, -0.05) is 19.6 Å². The van der Waals surface area contributed by atoms with Gasteiger partial charge in [0.1, 0.15) is 11.4 Å². The van der Waals surface area contributed by atoms with Crippen LogP contribution in [0.1, 0.15) is 39.2 Å². The van der Waals surface area contributed by atoms with Crippen molar-refractivity contribution in [3.05, 3.63) is 36.0 Å². The van der Waals surface area contributed by atoms with Crippen LogP contribution in [0.4, 0.5) is 5.95 Å². The Kier molecular flexibility index (Phi) is 6.59. The van der Waals surface area contributed by atoms with E-state index in [-0.39, 0.29) is 13.2 Å². The molecular formula is C22H30N6O. The van der Waals surface area contributed by atoms with Gasteiger partial charge in [0.05, 0.1) is 6.20 Å². The lowest BCUT2D eigenvalue weighted by atomic mass is 10.0. The Bertz CT molecular complexity index is 889. The van der Waals surface area contributed by atoms with Crippen LogP contribution in [-0.4, -0.2) is 58.7 Å². The van der Waals surface area contributed by atoms with E-state index in [9.17, 15) is 5.11 Å². The van der Waals surface area contributed by atoms with Crippen molar-refractivity contribution in [2.24, 2.45) is 4.99 Å². The highest BCUT2D eigenvalue weighted by Crippen LogP contribution is 2.30. The summed E-state index contributed by atoms with van der Waals surface area (Å²) in [6.45, 7) is 3.80. The van der Waals surface area contributed by atoms with Crippen molar-refractivity contribution >= 4 is 17.7 Å². The third-order valence-corrected chi connectivity index (χ3v) is 5.26. The van der Waals surface area contributed by atoms with Crippen LogP contribution in [0.3, 0.4) is 0 Å². The lowest BCUT2D eigenvalue weighted by Crippen LogP contribution is -2.34. The molecule has 0 radical (unpaired) electrons. The van der Waals surface area contributed by atoms with E-state index in [2.05, 4.69) is 30.4 Å². The number of hydrogen-bond donors (Lipinski definition) is 2. The molecular weight excluding hydrogens is 364 g/mol. The highest BCUT2D eigenvalue weighted by atomic mass is 16.3. The molecule has 4 rings (SSSR count). The maximum Gasteiger partial charge on any atom is 0.245 e. The van der Waals surface area contributed by atoms with Gasteiger partial charge in [-0.05, 0) is 49.5 Å². The molecule has 2 aliphatic rings. The van der Waals surface area contributed by atoms with E-state index in [4.69, 9.17) is 0 Å². The van der Waals surface area contributed by atoms with Gasteiger partial charge >= 0.3 is 0 Å². The topological polar surface area (TPSA) is 86.5 Å². The van der Waals surface area contributed by atoms with E-state index in [1.165, 1.54) is 12.8 Å². The normalized spacial score (nSPS) is 19.6. The predicted octanol–water partition coefficient (Wildman–Crippen LogP) is 3.31. The first kappa shape index (κ1) is 20.9. The lowest BCUT2D eigenvalue weighted by molar-refractivity contribution is 0.477. The number of nitrogens with zero attached hydrogens (tertiary/aromatic N) is 5. The van der Waals surface area contributed by atoms with E-state index in [0.717, 1.165) is 30.6 Å². The summed E-state index contributed by atoms with van der Waals surface area (Å²) in [7, 11) is 1.73. The summed E-state index contributed by atoms with van der Waals surface area (Å²) in [6.07, 6.45) is 9.12. The van der Waals surface area contributed by atoms with E-state index >= 15 is 0 Å². The van der Waals surface area contributed by atoms with Crippen molar-refractivity contribution in [3.8, 4) is 17.0 Å². The van der Waals surface area contributed by atoms with Crippen LogP contribution in [0.25, 0.3) is 16.8 Å². The molecule has 29 heavy (non-hydrogen) atoms. The van der Waals surface area contributed by atoms with Crippen LogP contribution >= 0.6 is 0 Å². The third kappa shape index (κ3) is 4.79. The minimum atomic E-state index is 0. The Balaban J connectivity index is 0.00000240. The Morgan fingerprint density at radius 3 is 2.69 bits per heavy atom. The van der Waals surface area contributed by atoms with Gasteiger partial charge in [0, 0.05) is 44.0 Å². The van der Waals surface area contributed by atoms with Crippen molar-refractivity contribution in [3.63, 3.8) is 0 Å². The average molecular weight is 395 g/mol. The zero-order valence-electron chi connectivity index (χ0n) is 16.3. The molecule has 1 aromatic carbocycles. The Labute approximate surface area is 172 Å². The van der Waals surface area contributed by atoms with Crippen molar-refractivity contribution in [2.75, 3.05) is 25.0 Å². The standard InChI is InChI=1S/C21H26N6O.CH4/c1-3-14(11-22-2)15-4-7-18(20(28)10-15)19-12-23-21(26-25-19)27-9-8-17(13-27)24-16-5-6-16;/h3-4,7,10-12,16-17,24,28H,5-6,8-9,13H2,1-2H3;1H4/b14-3+,22-11?;. The molecule has 1 saturated carbocycles. The Morgan fingerprint density at radius 2 is 2.07 bits per heavy atom. The Hall–Kier alpha value is -2.80. The first-order valence-corrected chi connectivity index (χ1v) is 9.81. The van der Waals surface area contributed by atoms with Gasteiger partial charge in [0.25, 0.3) is 0 Å². The number of phenolic OH excluding ortho intramolecular Hbond substituents is 1. The molecule has 2 fully saturated rings. The summed E-state index contributed by atoms with van der Waals surface area (Å²) >= 11 is 0. The van der Waals surface area contributed by atoms with Gasteiger partial charge in [-0.3, -0.25) is 4.99 Å². The largest absolute Gasteiger partial charge is 0.507 e. The van der Waals surface area contributed by atoms with E-state index in [0.29, 0.717) is 29.3 Å².